The Morgan fingerprint density at radius 2 is 1.89 bits per heavy atom. The van der Waals surface area contributed by atoms with Gasteiger partial charge in [-0.05, 0) is 60.3 Å². The number of thiophene rings is 1. The third kappa shape index (κ3) is 3.37. The summed E-state index contributed by atoms with van der Waals surface area (Å²) >= 11 is 1.43. The summed E-state index contributed by atoms with van der Waals surface area (Å²) in [5, 5.41) is 8.11. The Bertz CT molecular complexity index is 1030. The molecule has 7 heteroatoms. The first kappa shape index (κ1) is 17.1. The quantitative estimate of drug-likeness (QED) is 0.652. The topological polar surface area (TPSA) is 70.7 Å². The van der Waals surface area contributed by atoms with Gasteiger partial charge in [-0.15, -0.1) is 11.3 Å². The molecule has 0 fully saturated rings. The van der Waals surface area contributed by atoms with Gasteiger partial charge in [0.15, 0.2) is 5.75 Å². The number of amides is 3. The van der Waals surface area contributed by atoms with Crippen molar-refractivity contribution in [3.8, 4) is 11.5 Å². The Labute approximate surface area is 160 Å². The minimum absolute atomic E-state index is 0.198. The summed E-state index contributed by atoms with van der Waals surface area (Å²) in [6.07, 6.45) is 0. The SMILES string of the molecule is Cc1ccc2c(c1)N(C)C(=O)c1cc(NC(=O)Nc3cccs3)ccc1O2. The average Bonchev–Trinajstić information content (AvgIpc) is 3.12. The van der Waals surface area contributed by atoms with Gasteiger partial charge in [-0.2, -0.15) is 0 Å². The third-order valence-corrected chi connectivity index (χ3v) is 5.01. The summed E-state index contributed by atoms with van der Waals surface area (Å²) in [6, 6.07) is 14.0. The predicted molar refractivity (Wildman–Crippen MR) is 107 cm³/mol. The summed E-state index contributed by atoms with van der Waals surface area (Å²) in [5.41, 5.74) is 2.65. The van der Waals surface area contributed by atoms with Gasteiger partial charge < -0.3 is 15.0 Å². The largest absolute Gasteiger partial charge is 0.454 e. The third-order valence-electron chi connectivity index (χ3n) is 4.23. The normalized spacial score (nSPS) is 12.5. The fraction of sp³-hybridized carbons (Fsp3) is 0.100. The molecule has 0 aliphatic carbocycles. The van der Waals surface area contributed by atoms with E-state index in [1.807, 2.05) is 42.6 Å². The molecular weight excluding hydrogens is 362 g/mol. The number of aryl methyl sites for hydroxylation is 1. The van der Waals surface area contributed by atoms with Crippen molar-refractivity contribution in [1.82, 2.24) is 0 Å². The second-order valence-corrected chi connectivity index (χ2v) is 7.15. The van der Waals surface area contributed by atoms with Crippen molar-refractivity contribution >= 4 is 39.7 Å². The maximum Gasteiger partial charge on any atom is 0.324 e. The van der Waals surface area contributed by atoms with Crippen LogP contribution in [-0.4, -0.2) is 19.0 Å². The van der Waals surface area contributed by atoms with E-state index >= 15 is 0 Å². The highest BCUT2D eigenvalue weighted by atomic mass is 32.1. The Balaban J connectivity index is 1.62. The number of nitrogens with one attached hydrogen (secondary N) is 2. The molecule has 6 nitrogen and oxygen atoms in total. The van der Waals surface area contributed by atoms with Crippen LogP contribution in [0.5, 0.6) is 11.5 Å². The molecule has 0 spiro atoms. The molecule has 2 aromatic carbocycles. The number of carbonyl (C=O) groups is 2. The van der Waals surface area contributed by atoms with Crippen molar-refractivity contribution < 1.29 is 14.3 Å². The molecule has 136 valence electrons. The van der Waals surface area contributed by atoms with Crippen LogP contribution in [0, 0.1) is 6.92 Å². The number of fused-ring (bicyclic) bond motifs is 2. The molecule has 3 amide bonds. The van der Waals surface area contributed by atoms with E-state index < -0.39 is 0 Å². The van der Waals surface area contributed by atoms with E-state index in [2.05, 4.69) is 10.6 Å². The maximum atomic E-state index is 12.9. The zero-order valence-electron chi connectivity index (χ0n) is 14.8. The van der Waals surface area contributed by atoms with Crippen molar-refractivity contribution in [3.05, 3.63) is 65.0 Å². The van der Waals surface area contributed by atoms with Crippen LogP contribution in [0.3, 0.4) is 0 Å². The molecule has 0 unspecified atom stereocenters. The van der Waals surface area contributed by atoms with Crippen LogP contribution in [0.1, 0.15) is 15.9 Å². The van der Waals surface area contributed by atoms with Crippen molar-refractivity contribution in [3.63, 3.8) is 0 Å². The predicted octanol–water partition coefficient (Wildman–Crippen LogP) is 5.08. The molecule has 2 heterocycles. The number of nitrogens with zero attached hydrogens (tertiary/aromatic N) is 1. The Hall–Kier alpha value is -3.32. The zero-order chi connectivity index (χ0) is 19.0. The highest BCUT2D eigenvalue weighted by Gasteiger charge is 2.26. The van der Waals surface area contributed by atoms with E-state index in [-0.39, 0.29) is 11.9 Å². The highest BCUT2D eigenvalue weighted by Crippen LogP contribution is 2.39. The number of ether oxygens (including phenoxy) is 1. The molecule has 0 saturated heterocycles. The van der Waals surface area contributed by atoms with Crippen LogP contribution in [-0.2, 0) is 0 Å². The van der Waals surface area contributed by atoms with Gasteiger partial charge in [0, 0.05) is 12.7 Å². The van der Waals surface area contributed by atoms with E-state index in [0.29, 0.717) is 28.4 Å². The number of urea groups is 1. The van der Waals surface area contributed by atoms with Crippen LogP contribution in [0.2, 0.25) is 0 Å². The number of hydrogen-bond acceptors (Lipinski definition) is 4. The van der Waals surface area contributed by atoms with Crippen LogP contribution >= 0.6 is 11.3 Å². The van der Waals surface area contributed by atoms with E-state index in [1.165, 1.54) is 11.3 Å². The maximum absolute atomic E-state index is 12.9. The minimum Gasteiger partial charge on any atom is -0.454 e. The number of benzene rings is 2. The summed E-state index contributed by atoms with van der Waals surface area (Å²) in [7, 11) is 1.71. The summed E-state index contributed by atoms with van der Waals surface area (Å²) < 4.78 is 5.95. The molecule has 0 atom stereocenters. The Morgan fingerprint density at radius 1 is 1.07 bits per heavy atom. The lowest BCUT2D eigenvalue weighted by Gasteiger charge is -2.16. The average molecular weight is 379 g/mol. The van der Waals surface area contributed by atoms with Gasteiger partial charge in [0.2, 0.25) is 0 Å². The fourth-order valence-electron chi connectivity index (χ4n) is 2.87. The summed E-state index contributed by atoms with van der Waals surface area (Å²) in [4.78, 5) is 26.6. The van der Waals surface area contributed by atoms with Crippen molar-refractivity contribution in [2.75, 3.05) is 22.6 Å². The first-order chi connectivity index (χ1) is 13.0. The molecule has 1 aliphatic heterocycles. The lowest BCUT2D eigenvalue weighted by Crippen LogP contribution is -2.25. The van der Waals surface area contributed by atoms with E-state index in [4.69, 9.17) is 4.74 Å². The highest BCUT2D eigenvalue weighted by molar-refractivity contribution is 7.14. The lowest BCUT2D eigenvalue weighted by molar-refractivity contribution is 0.0993. The zero-order valence-corrected chi connectivity index (χ0v) is 15.6. The van der Waals surface area contributed by atoms with Gasteiger partial charge >= 0.3 is 6.03 Å². The van der Waals surface area contributed by atoms with Gasteiger partial charge in [-0.25, -0.2) is 4.79 Å². The van der Waals surface area contributed by atoms with Crippen molar-refractivity contribution in [2.24, 2.45) is 0 Å². The summed E-state index contributed by atoms with van der Waals surface area (Å²) in [6.45, 7) is 1.96. The van der Waals surface area contributed by atoms with Crippen LogP contribution < -0.4 is 20.3 Å². The van der Waals surface area contributed by atoms with Crippen molar-refractivity contribution in [1.29, 1.82) is 0 Å². The second-order valence-electron chi connectivity index (χ2n) is 6.20. The molecule has 1 aliphatic rings. The minimum atomic E-state index is -0.369. The molecule has 4 rings (SSSR count). The van der Waals surface area contributed by atoms with Crippen molar-refractivity contribution in [2.45, 2.75) is 6.92 Å². The smallest absolute Gasteiger partial charge is 0.324 e. The fourth-order valence-corrected chi connectivity index (χ4v) is 3.48. The molecule has 27 heavy (non-hydrogen) atoms. The van der Waals surface area contributed by atoms with Gasteiger partial charge in [0.25, 0.3) is 5.91 Å². The van der Waals surface area contributed by atoms with Crippen LogP contribution in [0.4, 0.5) is 21.2 Å². The van der Waals surface area contributed by atoms with E-state index in [0.717, 1.165) is 10.6 Å². The molecule has 0 saturated carbocycles. The summed E-state index contributed by atoms with van der Waals surface area (Å²) in [5.74, 6) is 0.877. The Morgan fingerprint density at radius 3 is 2.67 bits per heavy atom. The second kappa shape index (κ2) is 6.77. The Kier molecular flexibility index (Phi) is 4.29. The van der Waals surface area contributed by atoms with Crippen LogP contribution in [0.15, 0.2) is 53.9 Å². The number of hydrogen-bond donors (Lipinski definition) is 2. The molecule has 0 bridgehead atoms. The molecular formula is C20H17N3O3S. The molecule has 2 N–H and O–H groups in total. The number of anilines is 3. The molecule has 0 radical (unpaired) electrons. The first-order valence-electron chi connectivity index (χ1n) is 8.33. The van der Waals surface area contributed by atoms with Gasteiger partial charge in [0.1, 0.15) is 5.75 Å². The molecule has 1 aromatic heterocycles. The first-order valence-corrected chi connectivity index (χ1v) is 9.21. The number of carbonyl (C=O) groups excluding carboxylic acids is 2. The van der Waals surface area contributed by atoms with Gasteiger partial charge in [-0.1, -0.05) is 6.07 Å². The van der Waals surface area contributed by atoms with E-state index in [9.17, 15) is 9.59 Å². The van der Waals surface area contributed by atoms with Gasteiger partial charge in [0.05, 0.1) is 16.3 Å². The van der Waals surface area contributed by atoms with Gasteiger partial charge in [-0.3, -0.25) is 10.1 Å². The lowest BCUT2D eigenvalue weighted by atomic mass is 10.1. The monoisotopic (exact) mass is 379 g/mol. The van der Waals surface area contributed by atoms with E-state index in [1.54, 1.807) is 30.1 Å². The number of rotatable bonds is 2. The van der Waals surface area contributed by atoms with Crippen LogP contribution in [0.25, 0.3) is 0 Å². The molecule has 3 aromatic rings. The standard InChI is InChI=1S/C20H17N3O3S/c1-12-5-7-17-15(10-12)23(2)19(24)14-11-13(6-8-16(14)26-17)21-20(25)22-18-4-3-9-27-18/h3-11H,1-2H3,(H2,21,22,25).